The fourth-order valence-electron chi connectivity index (χ4n) is 3.61. The average molecular weight is 298 g/mol. The summed E-state index contributed by atoms with van der Waals surface area (Å²) in [6, 6.07) is 2.57. The lowest BCUT2D eigenvalue weighted by atomic mass is 9.96. The zero-order valence-corrected chi connectivity index (χ0v) is 12.2. The highest BCUT2D eigenvalue weighted by Gasteiger charge is 2.41. The molecule has 0 amide bonds. The molecule has 4 nitrogen and oxygen atoms in total. The highest BCUT2D eigenvalue weighted by molar-refractivity contribution is 7.89. The topological polar surface area (TPSA) is 72.2 Å². The number of benzene rings is 1. The summed E-state index contributed by atoms with van der Waals surface area (Å²) in [6.07, 6.45) is 4.21. The van der Waals surface area contributed by atoms with Gasteiger partial charge in [0.25, 0.3) is 0 Å². The molecule has 0 radical (unpaired) electrons. The molecule has 20 heavy (non-hydrogen) atoms. The zero-order valence-electron chi connectivity index (χ0n) is 11.4. The van der Waals surface area contributed by atoms with Crippen LogP contribution in [0.2, 0.25) is 0 Å². The molecule has 0 aromatic heterocycles. The van der Waals surface area contributed by atoms with Crippen molar-refractivity contribution in [2.45, 2.75) is 43.5 Å². The summed E-state index contributed by atoms with van der Waals surface area (Å²) in [7, 11) is -3.85. The molecule has 3 atom stereocenters. The molecule has 3 N–H and O–H groups in total. The Balaban J connectivity index is 1.89. The molecule has 110 valence electrons. The van der Waals surface area contributed by atoms with Gasteiger partial charge in [0.1, 0.15) is 10.7 Å². The first-order valence-electron chi connectivity index (χ1n) is 6.95. The van der Waals surface area contributed by atoms with Crippen LogP contribution in [0.4, 0.5) is 10.1 Å². The van der Waals surface area contributed by atoms with Crippen LogP contribution in [-0.4, -0.2) is 14.5 Å². The molecular weight excluding hydrogens is 279 g/mol. The Morgan fingerprint density at radius 3 is 2.65 bits per heavy atom. The second-order valence-electron chi connectivity index (χ2n) is 6.05. The van der Waals surface area contributed by atoms with Crippen LogP contribution >= 0.6 is 0 Å². The molecular formula is C14H19FN2O2S. The molecule has 1 aromatic rings. The predicted octanol–water partition coefficient (Wildman–Crippen LogP) is 2.18. The average Bonchev–Trinajstić information content (AvgIpc) is 2.95. The van der Waals surface area contributed by atoms with E-state index in [1.165, 1.54) is 25.5 Å². The summed E-state index contributed by atoms with van der Waals surface area (Å²) in [5, 5.41) is 0. The van der Waals surface area contributed by atoms with Gasteiger partial charge in [-0.25, -0.2) is 17.5 Å². The van der Waals surface area contributed by atoms with E-state index >= 15 is 0 Å². The molecule has 0 aliphatic heterocycles. The van der Waals surface area contributed by atoms with Crippen LogP contribution in [0.25, 0.3) is 0 Å². The summed E-state index contributed by atoms with van der Waals surface area (Å²) < 4.78 is 41.5. The number of rotatable bonds is 3. The van der Waals surface area contributed by atoms with Crippen LogP contribution in [0, 0.1) is 24.6 Å². The van der Waals surface area contributed by atoms with E-state index in [0.29, 0.717) is 11.8 Å². The van der Waals surface area contributed by atoms with Gasteiger partial charge in [0.2, 0.25) is 10.0 Å². The van der Waals surface area contributed by atoms with Crippen molar-refractivity contribution in [3.63, 3.8) is 0 Å². The second kappa shape index (κ2) is 4.70. The van der Waals surface area contributed by atoms with Crippen molar-refractivity contribution in [2.24, 2.45) is 11.8 Å². The van der Waals surface area contributed by atoms with Gasteiger partial charge in [-0.3, -0.25) is 0 Å². The number of hydrogen-bond acceptors (Lipinski definition) is 3. The third-order valence-corrected chi connectivity index (χ3v) is 6.07. The molecule has 6 heteroatoms. The molecule has 2 fully saturated rings. The number of nitrogen functional groups attached to an aromatic ring is 1. The van der Waals surface area contributed by atoms with Gasteiger partial charge in [0, 0.05) is 11.7 Å². The predicted molar refractivity (Wildman–Crippen MR) is 75.1 cm³/mol. The van der Waals surface area contributed by atoms with Gasteiger partial charge in [-0.05, 0) is 55.7 Å². The minimum Gasteiger partial charge on any atom is -0.399 e. The molecule has 3 unspecified atom stereocenters. The molecule has 2 aliphatic carbocycles. The molecule has 2 aliphatic rings. The van der Waals surface area contributed by atoms with Gasteiger partial charge in [-0.15, -0.1) is 0 Å². The summed E-state index contributed by atoms with van der Waals surface area (Å²) >= 11 is 0. The Hall–Kier alpha value is -1.14. The lowest BCUT2D eigenvalue weighted by Gasteiger charge is -2.23. The summed E-state index contributed by atoms with van der Waals surface area (Å²) in [5.41, 5.74) is 6.14. The van der Waals surface area contributed by atoms with Gasteiger partial charge in [0.15, 0.2) is 0 Å². The van der Waals surface area contributed by atoms with Crippen molar-refractivity contribution < 1.29 is 12.8 Å². The maximum absolute atomic E-state index is 14.1. The summed E-state index contributed by atoms with van der Waals surface area (Å²) in [4.78, 5) is -0.335. The van der Waals surface area contributed by atoms with E-state index in [1.807, 2.05) is 0 Å². The van der Waals surface area contributed by atoms with Gasteiger partial charge in [-0.2, -0.15) is 0 Å². The number of sulfonamides is 1. The Bertz CT molecular complexity index is 645. The van der Waals surface area contributed by atoms with E-state index in [1.54, 1.807) is 0 Å². The Labute approximate surface area is 118 Å². The first kappa shape index (κ1) is 13.8. The van der Waals surface area contributed by atoms with Gasteiger partial charge in [-0.1, -0.05) is 6.42 Å². The van der Waals surface area contributed by atoms with Crippen LogP contribution in [0.3, 0.4) is 0 Å². The van der Waals surface area contributed by atoms with Crippen molar-refractivity contribution in [2.75, 3.05) is 5.73 Å². The monoisotopic (exact) mass is 298 g/mol. The van der Waals surface area contributed by atoms with Crippen LogP contribution < -0.4 is 10.5 Å². The number of fused-ring (bicyclic) bond motifs is 2. The van der Waals surface area contributed by atoms with Crippen LogP contribution in [-0.2, 0) is 10.0 Å². The molecule has 0 saturated heterocycles. The minimum atomic E-state index is -3.85. The fraction of sp³-hybridized carbons (Fsp3) is 0.571. The van der Waals surface area contributed by atoms with Crippen molar-refractivity contribution in [1.29, 1.82) is 0 Å². The standard InChI is InChI=1S/C14H19FN2O2S/c1-8-4-11(16)7-13(14(8)15)20(18,19)17-12-6-9-2-3-10(12)5-9/h4,7,9-10,12,17H,2-3,5-6,16H2,1H3. The van der Waals surface area contributed by atoms with E-state index in [0.717, 1.165) is 19.3 Å². The molecule has 2 bridgehead atoms. The Kier molecular flexibility index (Phi) is 3.25. The molecule has 2 saturated carbocycles. The number of hydrogen-bond donors (Lipinski definition) is 2. The van der Waals surface area contributed by atoms with E-state index < -0.39 is 15.8 Å². The highest BCUT2D eigenvalue weighted by Crippen LogP contribution is 2.44. The van der Waals surface area contributed by atoms with E-state index in [-0.39, 0.29) is 22.2 Å². The largest absolute Gasteiger partial charge is 0.399 e. The van der Waals surface area contributed by atoms with Crippen LogP contribution in [0.5, 0.6) is 0 Å². The Morgan fingerprint density at radius 1 is 1.30 bits per heavy atom. The van der Waals surface area contributed by atoms with Crippen molar-refractivity contribution in [3.8, 4) is 0 Å². The number of nitrogens with two attached hydrogens (primary N) is 1. The van der Waals surface area contributed by atoms with Crippen LogP contribution in [0.1, 0.15) is 31.2 Å². The number of anilines is 1. The first-order valence-corrected chi connectivity index (χ1v) is 8.43. The highest BCUT2D eigenvalue weighted by atomic mass is 32.2. The first-order chi connectivity index (χ1) is 9.37. The number of halogens is 1. The lowest BCUT2D eigenvalue weighted by molar-refractivity contribution is 0.389. The maximum atomic E-state index is 14.1. The molecule has 1 aromatic carbocycles. The van der Waals surface area contributed by atoms with Gasteiger partial charge < -0.3 is 5.73 Å². The lowest BCUT2D eigenvalue weighted by Crippen LogP contribution is -2.38. The maximum Gasteiger partial charge on any atom is 0.243 e. The minimum absolute atomic E-state index is 0.0557. The quantitative estimate of drug-likeness (QED) is 0.840. The van der Waals surface area contributed by atoms with E-state index in [2.05, 4.69) is 4.72 Å². The fourth-order valence-corrected chi connectivity index (χ4v) is 5.11. The Morgan fingerprint density at radius 2 is 2.05 bits per heavy atom. The molecule has 0 spiro atoms. The van der Waals surface area contributed by atoms with E-state index in [9.17, 15) is 12.8 Å². The van der Waals surface area contributed by atoms with Crippen molar-refractivity contribution in [1.82, 2.24) is 4.72 Å². The van der Waals surface area contributed by atoms with Crippen molar-refractivity contribution >= 4 is 15.7 Å². The third kappa shape index (κ3) is 2.31. The zero-order chi connectivity index (χ0) is 14.5. The summed E-state index contributed by atoms with van der Waals surface area (Å²) in [6.45, 7) is 1.52. The van der Waals surface area contributed by atoms with Crippen molar-refractivity contribution in [3.05, 3.63) is 23.5 Å². The van der Waals surface area contributed by atoms with E-state index in [4.69, 9.17) is 5.73 Å². The molecule has 3 rings (SSSR count). The summed E-state index contributed by atoms with van der Waals surface area (Å²) in [5.74, 6) is 0.315. The normalized spacial score (nSPS) is 29.0. The van der Waals surface area contributed by atoms with Gasteiger partial charge in [0.05, 0.1) is 0 Å². The molecule has 0 heterocycles. The third-order valence-electron chi connectivity index (χ3n) is 4.58. The van der Waals surface area contributed by atoms with Crippen LogP contribution in [0.15, 0.2) is 17.0 Å². The number of nitrogens with one attached hydrogen (secondary N) is 1. The number of aryl methyl sites for hydroxylation is 1. The smallest absolute Gasteiger partial charge is 0.243 e. The van der Waals surface area contributed by atoms with Gasteiger partial charge >= 0.3 is 0 Å². The second-order valence-corrected chi connectivity index (χ2v) is 7.73. The SMILES string of the molecule is Cc1cc(N)cc(S(=O)(=O)NC2CC3CCC2C3)c1F.